The smallest absolute Gasteiger partial charge is 0.335 e. The van der Waals surface area contributed by atoms with Crippen LogP contribution in [0.4, 0.5) is 0 Å². The molecule has 0 atom stereocenters. The highest BCUT2D eigenvalue weighted by Gasteiger charge is 2.17. The van der Waals surface area contributed by atoms with Crippen LogP contribution in [-0.2, 0) is 13.0 Å². The predicted octanol–water partition coefficient (Wildman–Crippen LogP) is 7.04. The van der Waals surface area contributed by atoms with E-state index in [1.807, 2.05) is 34.0 Å². The molecule has 0 saturated carbocycles. The molecule has 186 valence electrons. The first-order valence-corrected chi connectivity index (χ1v) is 13.2. The molecule has 0 radical (unpaired) electrons. The van der Waals surface area contributed by atoms with Gasteiger partial charge in [-0.15, -0.1) is 11.3 Å². The molecule has 38 heavy (non-hydrogen) atoms. The second-order valence-corrected chi connectivity index (χ2v) is 10.2. The second-order valence-electron chi connectivity index (χ2n) is 9.23. The van der Waals surface area contributed by atoms with Crippen molar-refractivity contribution in [1.82, 2.24) is 9.72 Å². The molecule has 0 fully saturated rings. The van der Waals surface area contributed by atoms with E-state index in [2.05, 4.69) is 59.9 Å². The van der Waals surface area contributed by atoms with Crippen LogP contribution in [0, 0.1) is 0 Å². The fraction of sp³-hybridized carbons (Fsp3) is 0.0625. The summed E-state index contributed by atoms with van der Waals surface area (Å²) in [5.41, 5.74) is 5.78. The molecule has 6 aromatic rings. The van der Waals surface area contributed by atoms with Crippen LogP contribution in [0.3, 0.4) is 0 Å². The van der Waals surface area contributed by atoms with Gasteiger partial charge in [0.1, 0.15) is 5.69 Å². The first kappa shape index (κ1) is 23.7. The van der Waals surface area contributed by atoms with E-state index in [-0.39, 0.29) is 11.5 Å². The maximum Gasteiger partial charge on any atom is 0.335 e. The van der Waals surface area contributed by atoms with Gasteiger partial charge in [-0.3, -0.25) is 4.79 Å². The third-order valence-electron chi connectivity index (χ3n) is 6.72. The van der Waals surface area contributed by atoms with Crippen LogP contribution in [0.25, 0.3) is 26.7 Å². The van der Waals surface area contributed by atoms with Gasteiger partial charge >= 0.3 is 5.97 Å². The molecule has 3 heterocycles. The number of amides is 1. The van der Waals surface area contributed by atoms with Crippen molar-refractivity contribution >= 4 is 39.5 Å². The van der Waals surface area contributed by atoms with Crippen LogP contribution in [0.15, 0.2) is 109 Å². The molecule has 6 heteroatoms. The highest BCUT2D eigenvalue weighted by atomic mass is 32.1. The van der Waals surface area contributed by atoms with E-state index >= 15 is 0 Å². The maximum absolute atomic E-state index is 13.6. The molecule has 1 amide bonds. The lowest BCUT2D eigenvalue weighted by Gasteiger charge is -2.13. The third kappa shape index (κ3) is 4.69. The maximum atomic E-state index is 13.6. The third-order valence-corrected chi connectivity index (χ3v) is 7.64. The molecule has 3 aromatic carbocycles. The largest absolute Gasteiger partial charge is 0.478 e. The fourth-order valence-electron chi connectivity index (χ4n) is 4.80. The average molecular weight is 517 g/mol. The minimum absolute atomic E-state index is 0.188. The van der Waals surface area contributed by atoms with Crippen LogP contribution in [0.2, 0.25) is 0 Å². The van der Waals surface area contributed by atoms with Crippen molar-refractivity contribution < 1.29 is 14.7 Å². The number of carbonyl (C=O) groups is 2. The van der Waals surface area contributed by atoms with Crippen LogP contribution in [0.5, 0.6) is 0 Å². The van der Waals surface area contributed by atoms with Crippen LogP contribution >= 0.6 is 11.3 Å². The standard InChI is InChI=1S/C32H24N2O3S/c35-31(33-20-21-7-11-24(12-8-21)32(36)37)29-19-26(30-6-3-15-38-30)18-28-14-13-27(34(28)29)17-22-9-10-23-4-1-2-5-25(23)16-22/h1-16,18-19H,17,20H2,(H,33,35)(H,36,37). The molecular weight excluding hydrogens is 492 g/mol. The molecule has 0 unspecified atom stereocenters. The van der Waals surface area contributed by atoms with E-state index < -0.39 is 5.97 Å². The number of thiophene rings is 1. The van der Waals surface area contributed by atoms with Gasteiger partial charge in [-0.25, -0.2) is 4.79 Å². The van der Waals surface area contributed by atoms with Crippen molar-refractivity contribution in [3.05, 3.63) is 137 Å². The molecule has 0 aliphatic carbocycles. The highest BCUT2D eigenvalue weighted by molar-refractivity contribution is 7.13. The Morgan fingerprint density at radius 1 is 0.789 bits per heavy atom. The Hall–Kier alpha value is -4.68. The zero-order valence-electron chi connectivity index (χ0n) is 20.4. The summed E-state index contributed by atoms with van der Waals surface area (Å²) in [6, 6.07) is 33.6. The Labute approximate surface area is 223 Å². The van der Waals surface area contributed by atoms with E-state index in [0.29, 0.717) is 18.7 Å². The molecule has 2 N–H and O–H groups in total. The molecule has 0 bridgehead atoms. The number of carbonyl (C=O) groups excluding carboxylic acids is 1. The number of hydrogen-bond acceptors (Lipinski definition) is 3. The van der Waals surface area contributed by atoms with Gasteiger partial charge < -0.3 is 14.8 Å². The molecular formula is C32H24N2O3S. The number of nitrogens with one attached hydrogen (secondary N) is 1. The number of pyridine rings is 1. The van der Waals surface area contributed by atoms with Gasteiger partial charge in [-0.2, -0.15) is 0 Å². The van der Waals surface area contributed by atoms with Crippen LogP contribution < -0.4 is 5.32 Å². The number of benzene rings is 3. The molecule has 0 aliphatic rings. The van der Waals surface area contributed by atoms with E-state index in [4.69, 9.17) is 5.11 Å². The minimum atomic E-state index is -0.972. The molecule has 3 aromatic heterocycles. The molecule has 0 spiro atoms. The number of carboxylic acids is 1. The summed E-state index contributed by atoms with van der Waals surface area (Å²) < 4.78 is 2.04. The summed E-state index contributed by atoms with van der Waals surface area (Å²) in [5, 5.41) is 16.6. The predicted molar refractivity (Wildman–Crippen MR) is 152 cm³/mol. The summed E-state index contributed by atoms with van der Waals surface area (Å²) in [6.07, 6.45) is 0.689. The van der Waals surface area contributed by atoms with Crippen molar-refractivity contribution in [3.63, 3.8) is 0 Å². The number of hydrogen-bond donors (Lipinski definition) is 2. The first-order chi connectivity index (χ1) is 18.5. The Morgan fingerprint density at radius 2 is 1.58 bits per heavy atom. The lowest BCUT2D eigenvalue weighted by molar-refractivity contribution is 0.0696. The summed E-state index contributed by atoms with van der Waals surface area (Å²) in [4.78, 5) is 25.8. The minimum Gasteiger partial charge on any atom is -0.478 e. The Morgan fingerprint density at radius 3 is 2.34 bits per heavy atom. The van der Waals surface area contributed by atoms with Gasteiger partial charge in [0.25, 0.3) is 5.91 Å². The summed E-state index contributed by atoms with van der Waals surface area (Å²) in [6.45, 7) is 0.296. The normalized spacial score (nSPS) is 11.2. The monoisotopic (exact) mass is 516 g/mol. The van der Waals surface area contributed by atoms with Gasteiger partial charge in [-0.05, 0) is 75.3 Å². The molecule has 0 saturated heterocycles. The lowest BCUT2D eigenvalue weighted by atomic mass is 10.0. The van der Waals surface area contributed by atoms with Crippen LogP contribution in [-0.4, -0.2) is 21.4 Å². The molecule has 0 aliphatic heterocycles. The zero-order chi connectivity index (χ0) is 26.1. The van der Waals surface area contributed by atoms with E-state index in [1.165, 1.54) is 16.3 Å². The van der Waals surface area contributed by atoms with E-state index in [9.17, 15) is 9.59 Å². The Kier molecular flexibility index (Phi) is 6.23. The summed E-state index contributed by atoms with van der Waals surface area (Å²) >= 11 is 1.64. The van der Waals surface area contributed by atoms with Crippen molar-refractivity contribution in [3.8, 4) is 10.4 Å². The average Bonchev–Trinajstić information content (AvgIpc) is 3.62. The summed E-state index contributed by atoms with van der Waals surface area (Å²) in [5.74, 6) is -1.16. The van der Waals surface area contributed by atoms with Crippen molar-refractivity contribution in [2.24, 2.45) is 0 Å². The lowest BCUT2D eigenvalue weighted by Crippen LogP contribution is -2.25. The second kappa shape index (κ2) is 10.00. The van der Waals surface area contributed by atoms with Crippen molar-refractivity contribution in [1.29, 1.82) is 0 Å². The van der Waals surface area contributed by atoms with Crippen molar-refractivity contribution in [2.45, 2.75) is 13.0 Å². The molecule has 5 nitrogen and oxygen atoms in total. The topological polar surface area (TPSA) is 70.8 Å². The van der Waals surface area contributed by atoms with E-state index in [0.717, 1.165) is 27.2 Å². The first-order valence-electron chi connectivity index (χ1n) is 12.3. The van der Waals surface area contributed by atoms with Gasteiger partial charge in [0.2, 0.25) is 0 Å². The van der Waals surface area contributed by atoms with E-state index in [1.54, 1.807) is 35.6 Å². The fourth-order valence-corrected chi connectivity index (χ4v) is 5.52. The number of fused-ring (bicyclic) bond motifs is 2. The molecule has 6 rings (SSSR count). The number of carboxylic acid groups (broad SMARTS) is 1. The van der Waals surface area contributed by atoms with Crippen LogP contribution in [0.1, 0.15) is 37.7 Å². The Balaban J connectivity index is 1.35. The van der Waals surface area contributed by atoms with Gasteiger partial charge in [0, 0.05) is 29.1 Å². The number of aromatic carboxylic acids is 1. The number of aromatic nitrogens is 1. The van der Waals surface area contributed by atoms with Gasteiger partial charge in [0.05, 0.1) is 5.56 Å². The number of rotatable bonds is 7. The SMILES string of the molecule is O=C(O)c1ccc(CNC(=O)c2cc(-c3cccs3)cc3ccc(Cc4ccc5ccccc5c4)n23)cc1. The Bertz CT molecular complexity index is 1780. The summed E-state index contributed by atoms with van der Waals surface area (Å²) in [7, 11) is 0. The quantitative estimate of drug-likeness (QED) is 0.239. The highest BCUT2D eigenvalue weighted by Crippen LogP contribution is 2.29. The van der Waals surface area contributed by atoms with Gasteiger partial charge in [-0.1, -0.05) is 60.7 Å². The zero-order valence-corrected chi connectivity index (χ0v) is 21.2. The van der Waals surface area contributed by atoms with Crippen molar-refractivity contribution in [2.75, 3.05) is 0 Å². The number of nitrogens with zero attached hydrogens (tertiary/aromatic N) is 1. The van der Waals surface area contributed by atoms with Gasteiger partial charge in [0.15, 0.2) is 0 Å².